The molecule has 2 N–H and O–H groups in total. The Morgan fingerprint density at radius 2 is 2.00 bits per heavy atom. The largest absolute Gasteiger partial charge is 0.359 e. The molecule has 0 radical (unpaired) electrons. The summed E-state index contributed by atoms with van der Waals surface area (Å²) < 4.78 is 0. The van der Waals surface area contributed by atoms with Gasteiger partial charge in [0.2, 0.25) is 0 Å². The monoisotopic (exact) mass is 330 g/mol. The molecular formula is C20H18N4O. The van der Waals surface area contributed by atoms with Crippen molar-refractivity contribution in [2.45, 2.75) is 19.8 Å². The number of fused-ring (bicyclic) bond motifs is 1. The van der Waals surface area contributed by atoms with E-state index in [0.29, 0.717) is 17.6 Å². The highest BCUT2D eigenvalue weighted by Gasteiger charge is 2.13. The lowest BCUT2D eigenvalue weighted by atomic mass is 10.0. The number of hydrogen-bond donors (Lipinski definition) is 2. The van der Waals surface area contributed by atoms with Gasteiger partial charge in [0.25, 0.3) is 0 Å². The van der Waals surface area contributed by atoms with Crippen molar-refractivity contribution in [3.8, 4) is 11.4 Å². The lowest BCUT2D eigenvalue weighted by Crippen LogP contribution is -1.99. The Morgan fingerprint density at radius 1 is 1.16 bits per heavy atom. The minimum absolute atomic E-state index is 0.130. The molecule has 0 bridgehead atoms. The molecule has 0 saturated carbocycles. The molecule has 5 heteroatoms. The maximum absolute atomic E-state index is 12.5. The SMILES string of the molecule is Cc1ccc(CCC(=O)c2c[nH]c(-c3[nH]nc4ncccc34)c2)cc1. The van der Waals surface area contributed by atoms with Gasteiger partial charge in [-0.05, 0) is 37.1 Å². The Bertz CT molecular complexity index is 1030. The average molecular weight is 330 g/mol. The highest BCUT2D eigenvalue weighted by molar-refractivity contribution is 5.98. The second kappa shape index (κ2) is 6.36. The van der Waals surface area contributed by atoms with Crippen LogP contribution in [0.5, 0.6) is 0 Å². The fourth-order valence-electron chi connectivity index (χ4n) is 2.91. The number of nitrogens with one attached hydrogen (secondary N) is 2. The quantitative estimate of drug-likeness (QED) is 0.542. The van der Waals surface area contributed by atoms with Crippen LogP contribution in [0.1, 0.15) is 27.9 Å². The second-order valence-electron chi connectivity index (χ2n) is 6.18. The minimum Gasteiger partial charge on any atom is -0.359 e. The molecule has 0 aliphatic rings. The first-order valence-electron chi connectivity index (χ1n) is 8.27. The summed E-state index contributed by atoms with van der Waals surface area (Å²) in [5, 5.41) is 8.11. The summed E-state index contributed by atoms with van der Waals surface area (Å²) in [7, 11) is 0. The van der Waals surface area contributed by atoms with Crippen LogP contribution in [0, 0.1) is 6.92 Å². The minimum atomic E-state index is 0.130. The third-order valence-corrected chi connectivity index (χ3v) is 4.37. The molecule has 0 fully saturated rings. The van der Waals surface area contributed by atoms with Gasteiger partial charge in [-0.25, -0.2) is 4.98 Å². The predicted octanol–water partition coefficient (Wildman–Crippen LogP) is 4.08. The molecule has 0 aliphatic carbocycles. The van der Waals surface area contributed by atoms with Gasteiger partial charge in [0.15, 0.2) is 11.4 Å². The van der Waals surface area contributed by atoms with Crippen LogP contribution in [0.3, 0.4) is 0 Å². The van der Waals surface area contributed by atoms with Gasteiger partial charge in [-0.2, -0.15) is 5.10 Å². The molecule has 0 amide bonds. The number of pyridine rings is 1. The van der Waals surface area contributed by atoms with Crippen LogP contribution >= 0.6 is 0 Å². The van der Waals surface area contributed by atoms with Crippen LogP contribution in [0.25, 0.3) is 22.4 Å². The summed E-state index contributed by atoms with van der Waals surface area (Å²) in [5.74, 6) is 0.130. The lowest BCUT2D eigenvalue weighted by Gasteiger charge is -2.01. The normalized spacial score (nSPS) is 11.1. The number of ketones is 1. The van der Waals surface area contributed by atoms with Crippen LogP contribution < -0.4 is 0 Å². The van der Waals surface area contributed by atoms with Gasteiger partial charge in [0, 0.05) is 29.8 Å². The lowest BCUT2D eigenvalue weighted by molar-refractivity contribution is 0.0983. The number of H-pyrrole nitrogens is 2. The standard InChI is InChI=1S/C20H18N4O/c1-13-4-6-14(7-5-13)8-9-18(25)15-11-17(22-12-15)19-16-3-2-10-21-20(16)24-23-19/h2-7,10-12,22H,8-9H2,1H3,(H,21,23,24). The van der Waals surface area contributed by atoms with Crippen molar-refractivity contribution in [3.05, 3.63) is 71.5 Å². The number of hydrogen-bond acceptors (Lipinski definition) is 3. The first-order valence-corrected chi connectivity index (χ1v) is 8.27. The van der Waals surface area contributed by atoms with E-state index in [1.165, 1.54) is 11.1 Å². The van der Waals surface area contributed by atoms with Crippen LogP contribution in [-0.2, 0) is 6.42 Å². The molecule has 0 spiro atoms. The Hall–Kier alpha value is -3.21. The Kier molecular flexibility index (Phi) is 3.90. The van der Waals surface area contributed by atoms with Gasteiger partial charge < -0.3 is 4.98 Å². The van der Waals surface area contributed by atoms with Gasteiger partial charge in [0.1, 0.15) is 0 Å². The summed E-state index contributed by atoms with van der Waals surface area (Å²) in [5.41, 5.74) is 5.45. The number of carbonyl (C=O) groups is 1. The molecule has 4 aromatic rings. The van der Waals surface area contributed by atoms with Crippen LogP contribution in [-0.4, -0.2) is 25.9 Å². The zero-order valence-corrected chi connectivity index (χ0v) is 13.9. The Labute approximate surface area is 145 Å². The predicted molar refractivity (Wildman–Crippen MR) is 97.5 cm³/mol. The maximum atomic E-state index is 12.5. The van der Waals surface area contributed by atoms with Crippen molar-refractivity contribution in [3.63, 3.8) is 0 Å². The number of aromatic amines is 2. The molecule has 1 aromatic carbocycles. The molecule has 0 saturated heterocycles. The molecular weight excluding hydrogens is 312 g/mol. The molecule has 0 unspecified atom stereocenters. The van der Waals surface area contributed by atoms with E-state index >= 15 is 0 Å². The first kappa shape index (κ1) is 15.3. The number of rotatable bonds is 5. The van der Waals surface area contributed by atoms with Crippen molar-refractivity contribution >= 4 is 16.8 Å². The van der Waals surface area contributed by atoms with Crippen molar-refractivity contribution in [1.82, 2.24) is 20.2 Å². The fraction of sp³-hybridized carbons (Fsp3) is 0.150. The number of carbonyl (C=O) groups excluding carboxylic acids is 1. The smallest absolute Gasteiger partial charge is 0.181 e. The van der Waals surface area contributed by atoms with E-state index in [1.807, 2.05) is 18.2 Å². The molecule has 5 nitrogen and oxygen atoms in total. The average Bonchev–Trinajstić information content (AvgIpc) is 3.27. The number of benzene rings is 1. The second-order valence-corrected chi connectivity index (χ2v) is 6.18. The van der Waals surface area contributed by atoms with Crippen molar-refractivity contribution in [1.29, 1.82) is 0 Å². The molecule has 124 valence electrons. The number of aromatic nitrogens is 4. The van der Waals surface area contributed by atoms with E-state index in [4.69, 9.17) is 0 Å². The highest BCUT2D eigenvalue weighted by atomic mass is 16.1. The van der Waals surface area contributed by atoms with Crippen molar-refractivity contribution in [2.24, 2.45) is 0 Å². The molecule has 4 rings (SSSR count). The topological polar surface area (TPSA) is 74.4 Å². The molecule has 3 aromatic heterocycles. The third kappa shape index (κ3) is 3.08. The van der Waals surface area contributed by atoms with Crippen LogP contribution in [0.2, 0.25) is 0 Å². The Morgan fingerprint density at radius 3 is 2.84 bits per heavy atom. The van der Waals surface area contributed by atoms with Gasteiger partial charge in [-0.15, -0.1) is 0 Å². The number of aryl methyl sites for hydroxylation is 2. The first-order chi connectivity index (χ1) is 12.2. The zero-order valence-electron chi connectivity index (χ0n) is 13.9. The summed E-state index contributed by atoms with van der Waals surface area (Å²) in [6.45, 7) is 2.06. The van der Waals surface area contributed by atoms with E-state index in [-0.39, 0.29) is 5.78 Å². The summed E-state index contributed by atoms with van der Waals surface area (Å²) in [6, 6.07) is 14.0. The van der Waals surface area contributed by atoms with Gasteiger partial charge in [-0.3, -0.25) is 9.89 Å². The van der Waals surface area contributed by atoms with E-state index in [0.717, 1.165) is 23.2 Å². The molecule has 3 heterocycles. The zero-order chi connectivity index (χ0) is 17.2. The third-order valence-electron chi connectivity index (χ3n) is 4.37. The van der Waals surface area contributed by atoms with Gasteiger partial charge in [-0.1, -0.05) is 29.8 Å². The maximum Gasteiger partial charge on any atom is 0.181 e. The van der Waals surface area contributed by atoms with Gasteiger partial charge in [0.05, 0.1) is 11.4 Å². The fourth-order valence-corrected chi connectivity index (χ4v) is 2.91. The van der Waals surface area contributed by atoms with Crippen molar-refractivity contribution < 1.29 is 4.79 Å². The van der Waals surface area contributed by atoms with Gasteiger partial charge >= 0.3 is 0 Å². The van der Waals surface area contributed by atoms with E-state index in [9.17, 15) is 4.79 Å². The number of Topliss-reactive ketones (excluding diaryl/α,β-unsaturated/α-hetero) is 1. The molecule has 25 heavy (non-hydrogen) atoms. The number of nitrogens with zero attached hydrogens (tertiary/aromatic N) is 2. The van der Waals surface area contributed by atoms with Crippen molar-refractivity contribution in [2.75, 3.05) is 0 Å². The van der Waals surface area contributed by atoms with Crippen LogP contribution in [0.15, 0.2) is 54.9 Å². The van der Waals surface area contributed by atoms with E-state index in [2.05, 4.69) is 51.4 Å². The molecule has 0 atom stereocenters. The highest BCUT2D eigenvalue weighted by Crippen LogP contribution is 2.25. The molecule has 0 aliphatic heterocycles. The summed E-state index contributed by atoms with van der Waals surface area (Å²) in [4.78, 5) is 19.9. The van der Waals surface area contributed by atoms with Crippen LogP contribution in [0.4, 0.5) is 0 Å². The van der Waals surface area contributed by atoms with E-state index in [1.54, 1.807) is 12.4 Å². The van der Waals surface area contributed by atoms with E-state index < -0.39 is 0 Å². The Balaban J connectivity index is 1.50. The summed E-state index contributed by atoms with van der Waals surface area (Å²) >= 11 is 0. The summed E-state index contributed by atoms with van der Waals surface area (Å²) in [6.07, 6.45) is 4.71.